The van der Waals surface area contributed by atoms with E-state index in [1.54, 1.807) is 34.8 Å². The van der Waals surface area contributed by atoms with Gasteiger partial charge in [-0.15, -0.1) is 0 Å². The third-order valence-corrected chi connectivity index (χ3v) is 7.70. The molecule has 43 heavy (non-hydrogen) atoms. The van der Waals surface area contributed by atoms with Crippen LogP contribution in [-0.4, -0.2) is 61.6 Å². The molecule has 0 radical (unpaired) electrons. The highest BCUT2D eigenvalue weighted by atomic mass is 16.5. The van der Waals surface area contributed by atoms with E-state index in [4.69, 9.17) is 9.72 Å². The number of nitrogens with one attached hydrogen (secondary N) is 1. The summed E-state index contributed by atoms with van der Waals surface area (Å²) in [7, 11) is 3.42. The summed E-state index contributed by atoms with van der Waals surface area (Å²) in [6.07, 6.45) is 4.51. The number of nitrogens with zero attached hydrogens (tertiary/aromatic N) is 6. The van der Waals surface area contributed by atoms with Gasteiger partial charge in [0.25, 0.3) is 5.56 Å². The lowest BCUT2D eigenvalue weighted by Gasteiger charge is -2.22. The van der Waals surface area contributed by atoms with E-state index in [1.807, 2.05) is 70.8 Å². The van der Waals surface area contributed by atoms with Gasteiger partial charge in [0, 0.05) is 62.3 Å². The van der Waals surface area contributed by atoms with Crippen LogP contribution in [0.5, 0.6) is 5.75 Å². The molecule has 1 atom stereocenters. The predicted molar refractivity (Wildman–Crippen MR) is 169 cm³/mol. The van der Waals surface area contributed by atoms with E-state index in [2.05, 4.69) is 15.4 Å². The molecule has 1 aromatic carbocycles. The number of pyridine rings is 1. The van der Waals surface area contributed by atoms with Crippen LogP contribution in [-0.2, 0) is 24.8 Å². The quantitative estimate of drug-likeness (QED) is 0.229. The van der Waals surface area contributed by atoms with Crippen LogP contribution in [0.25, 0.3) is 22.3 Å². The number of hydrogen-bond acceptors (Lipinski definition) is 8. The lowest BCUT2D eigenvalue weighted by Crippen LogP contribution is -2.33. The Kier molecular flexibility index (Phi) is 9.84. The molecule has 0 saturated heterocycles. The second kappa shape index (κ2) is 13.5. The summed E-state index contributed by atoms with van der Waals surface area (Å²) in [5, 5.41) is 18.0. The van der Waals surface area contributed by atoms with E-state index in [0.29, 0.717) is 53.8 Å². The lowest BCUT2D eigenvalue weighted by atomic mass is 10.00. The number of carboxylic acids is 1. The predicted octanol–water partition coefficient (Wildman–Crippen LogP) is 4.70. The number of benzene rings is 1. The van der Waals surface area contributed by atoms with Crippen LogP contribution < -0.4 is 20.5 Å². The van der Waals surface area contributed by atoms with E-state index in [1.165, 1.54) is 0 Å². The van der Waals surface area contributed by atoms with Gasteiger partial charge in [-0.3, -0.25) is 9.48 Å². The van der Waals surface area contributed by atoms with E-state index in [9.17, 15) is 14.7 Å². The Bertz CT molecular complexity index is 1640. The number of aryl methyl sites for hydroxylation is 3. The summed E-state index contributed by atoms with van der Waals surface area (Å²) in [4.78, 5) is 37.2. The molecule has 0 unspecified atom stereocenters. The third kappa shape index (κ3) is 6.55. The molecule has 0 fully saturated rings. The molecule has 0 aliphatic heterocycles. The van der Waals surface area contributed by atoms with Crippen LogP contribution in [0.1, 0.15) is 44.1 Å². The lowest BCUT2D eigenvalue weighted by molar-refractivity contribution is -0.137. The van der Waals surface area contributed by atoms with Crippen LogP contribution in [0.2, 0.25) is 0 Å². The van der Waals surface area contributed by atoms with Crippen molar-refractivity contribution >= 4 is 17.7 Å². The number of aliphatic carboxylic acids is 1. The van der Waals surface area contributed by atoms with Crippen molar-refractivity contribution in [1.29, 1.82) is 0 Å². The van der Waals surface area contributed by atoms with Crippen LogP contribution in [0.3, 0.4) is 0 Å². The highest BCUT2D eigenvalue weighted by molar-refractivity contribution is 5.83. The maximum atomic E-state index is 13.2. The fourth-order valence-corrected chi connectivity index (χ4v) is 5.31. The van der Waals surface area contributed by atoms with Crippen molar-refractivity contribution in [2.75, 3.05) is 30.4 Å². The number of anilines is 2. The SMILES string of the molecule is CCCn1ccc(OC)c(-c2ccc(C[C@H](Nc3nc(N(CC)CC)ncc3-c3c(C)nn(C)c3C)C(=O)O)cc2)c1=O. The van der Waals surface area contributed by atoms with E-state index in [-0.39, 0.29) is 12.0 Å². The average molecular weight is 588 g/mol. The normalized spacial score (nSPS) is 11.8. The number of ether oxygens (including phenoxy) is 1. The summed E-state index contributed by atoms with van der Waals surface area (Å²) in [5.41, 5.74) is 5.15. The molecule has 11 nitrogen and oxygen atoms in total. The molecule has 0 aliphatic rings. The zero-order valence-electron chi connectivity index (χ0n) is 26.0. The molecule has 228 valence electrons. The van der Waals surface area contributed by atoms with Crippen molar-refractivity contribution in [3.63, 3.8) is 0 Å². The van der Waals surface area contributed by atoms with Gasteiger partial charge >= 0.3 is 5.97 Å². The van der Waals surface area contributed by atoms with Crippen molar-refractivity contribution < 1.29 is 14.6 Å². The second-order valence-corrected chi connectivity index (χ2v) is 10.5. The van der Waals surface area contributed by atoms with Crippen molar-refractivity contribution in [3.05, 3.63) is 70.0 Å². The first-order chi connectivity index (χ1) is 20.6. The molecule has 2 N–H and O–H groups in total. The summed E-state index contributed by atoms with van der Waals surface area (Å²) < 4.78 is 8.96. The molecule has 3 heterocycles. The van der Waals surface area contributed by atoms with Gasteiger partial charge in [0.2, 0.25) is 5.95 Å². The van der Waals surface area contributed by atoms with Crippen LogP contribution >= 0.6 is 0 Å². The smallest absolute Gasteiger partial charge is 0.326 e. The molecule has 4 aromatic rings. The monoisotopic (exact) mass is 587 g/mol. The Labute approximate surface area is 252 Å². The zero-order valence-corrected chi connectivity index (χ0v) is 26.0. The van der Waals surface area contributed by atoms with Crippen molar-refractivity contribution in [2.24, 2.45) is 7.05 Å². The van der Waals surface area contributed by atoms with Crippen LogP contribution in [0.4, 0.5) is 11.8 Å². The van der Waals surface area contributed by atoms with Gasteiger partial charge < -0.3 is 24.6 Å². The Balaban J connectivity index is 1.69. The standard InChI is InChI=1S/C32H41N7O4/c1-8-16-39-17-15-26(43-7)28(30(39)40)23-13-11-22(12-14-23)18-25(31(41)42)34-29-24(27-20(4)36-37(6)21(27)5)19-33-32(35-29)38(9-2)10-3/h11-15,17,19,25H,8-10,16,18H2,1-7H3,(H,41,42)(H,33,34,35)/t25-/m0/s1. The first-order valence-corrected chi connectivity index (χ1v) is 14.6. The summed E-state index contributed by atoms with van der Waals surface area (Å²) in [5.74, 6) is 0.446. The van der Waals surface area contributed by atoms with Crippen LogP contribution in [0, 0.1) is 13.8 Å². The molecule has 0 bridgehead atoms. The van der Waals surface area contributed by atoms with E-state index in [0.717, 1.165) is 28.9 Å². The molecular weight excluding hydrogens is 546 g/mol. The Hall–Kier alpha value is -4.67. The number of hydrogen-bond donors (Lipinski definition) is 2. The molecular formula is C32H41N7O4. The minimum absolute atomic E-state index is 0.125. The number of methoxy groups -OCH3 is 1. The molecule has 0 amide bonds. The second-order valence-electron chi connectivity index (χ2n) is 10.5. The molecule has 0 saturated carbocycles. The van der Waals surface area contributed by atoms with Gasteiger partial charge in [-0.1, -0.05) is 31.2 Å². The van der Waals surface area contributed by atoms with Gasteiger partial charge in [-0.05, 0) is 51.3 Å². The van der Waals surface area contributed by atoms with Gasteiger partial charge in [0.1, 0.15) is 17.6 Å². The number of carboxylic acid groups (broad SMARTS) is 1. The Morgan fingerprint density at radius 1 is 1.09 bits per heavy atom. The maximum absolute atomic E-state index is 13.2. The minimum atomic E-state index is -1.01. The van der Waals surface area contributed by atoms with Crippen molar-refractivity contribution in [1.82, 2.24) is 24.3 Å². The molecule has 4 rings (SSSR count). The fraction of sp³-hybridized carbons (Fsp3) is 0.406. The van der Waals surface area contributed by atoms with Gasteiger partial charge in [-0.2, -0.15) is 10.1 Å². The summed E-state index contributed by atoms with van der Waals surface area (Å²) in [6.45, 7) is 12.0. The van der Waals surface area contributed by atoms with Gasteiger partial charge in [0.15, 0.2) is 0 Å². The van der Waals surface area contributed by atoms with E-state index < -0.39 is 12.0 Å². The number of carbonyl (C=O) groups is 1. The molecule has 11 heteroatoms. The maximum Gasteiger partial charge on any atom is 0.326 e. The highest BCUT2D eigenvalue weighted by Gasteiger charge is 2.24. The fourth-order valence-electron chi connectivity index (χ4n) is 5.31. The highest BCUT2D eigenvalue weighted by Crippen LogP contribution is 2.33. The van der Waals surface area contributed by atoms with Gasteiger partial charge in [0.05, 0.1) is 18.4 Å². The Morgan fingerprint density at radius 2 is 1.79 bits per heavy atom. The van der Waals surface area contributed by atoms with Crippen molar-refractivity contribution in [2.45, 2.75) is 60.0 Å². The third-order valence-electron chi connectivity index (χ3n) is 7.70. The van der Waals surface area contributed by atoms with Gasteiger partial charge in [-0.25, -0.2) is 9.78 Å². The Morgan fingerprint density at radius 3 is 2.35 bits per heavy atom. The molecule has 0 spiro atoms. The number of rotatable bonds is 13. The van der Waals surface area contributed by atoms with E-state index >= 15 is 0 Å². The topological polar surface area (TPSA) is 127 Å². The summed E-state index contributed by atoms with van der Waals surface area (Å²) in [6, 6.07) is 8.18. The average Bonchev–Trinajstić information content (AvgIpc) is 3.25. The number of aromatic nitrogens is 5. The minimum Gasteiger partial charge on any atom is -0.496 e. The van der Waals surface area contributed by atoms with Crippen LogP contribution in [0.15, 0.2) is 47.5 Å². The van der Waals surface area contributed by atoms with Crippen molar-refractivity contribution in [3.8, 4) is 28.0 Å². The molecule has 3 aromatic heterocycles. The largest absolute Gasteiger partial charge is 0.496 e. The first-order valence-electron chi connectivity index (χ1n) is 14.6. The zero-order chi connectivity index (χ0) is 31.3. The molecule has 0 aliphatic carbocycles. The summed E-state index contributed by atoms with van der Waals surface area (Å²) >= 11 is 0. The first kappa shape index (κ1) is 31.3.